The highest BCUT2D eigenvalue weighted by Gasteiger charge is 2.12. The molecule has 0 atom stereocenters. The van der Waals surface area contributed by atoms with Crippen LogP contribution in [0.1, 0.15) is 29.9 Å². The molecule has 0 aromatic carbocycles. The second kappa shape index (κ2) is 4.19. The lowest BCUT2D eigenvalue weighted by Crippen LogP contribution is -2.01. The molecule has 0 N–H and O–H groups in total. The zero-order chi connectivity index (χ0) is 9.14. The summed E-state index contributed by atoms with van der Waals surface area (Å²) in [4.78, 5) is 12.4. The molecule has 1 rings (SSSR count). The highest BCUT2D eigenvalue weighted by Crippen LogP contribution is 2.24. The van der Waals surface area contributed by atoms with Crippen LogP contribution in [0, 0.1) is 5.92 Å². The Kier molecular flexibility index (Phi) is 3.47. The first kappa shape index (κ1) is 9.93. The molecule has 0 saturated heterocycles. The third-order valence-electron chi connectivity index (χ3n) is 1.46. The normalized spacial score (nSPS) is 10.7. The number of thiophene rings is 1. The summed E-state index contributed by atoms with van der Waals surface area (Å²) < 4.78 is 0.929. The fraction of sp³-hybridized carbons (Fsp3) is 0.444. The van der Waals surface area contributed by atoms with Gasteiger partial charge in [0.15, 0.2) is 5.78 Å². The number of halogens is 1. The quantitative estimate of drug-likeness (QED) is 0.743. The summed E-state index contributed by atoms with van der Waals surface area (Å²) in [6.45, 7) is 4.11. The monoisotopic (exact) mass is 246 g/mol. The van der Waals surface area contributed by atoms with Crippen molar-refractivity contribution in [3.63, 3.8) is 0 Å². The number of rotatable bonds is 3. The molecular weight excluding hydrogens is 236 g/mol. The van der Waals surface area contributed by atoms with Crippen molar-refractivity contribution in [2.45, 2.75) is 20.3 Å². The Morgan fingerprint density at radius 1 is 1.67 bits per heavy atom. The van der Waals surface area contributed by atoms with Crippen LogP contribution in [0.3, 0.4) is 0 Å². The summed E-state index contributed by atoms with van der Waals surface area (Å²) in [5, 5.41) is 1.93. The third-order valence-corrected chi connectivity index (χ3v) is 3.34. The van der Waals surface area contributed by atoms with E-state index in [2.05, 4.69) is 29.8 Å². The lowest BCUT2D eigenvalue weighted by atomic mass is 10.1. The Hall–Kier alpha value is -0.150. The molecule has 3 heteroatoms. The summed E-state index contributed by atoms with van der Waals surface area (Å²) in [6, 6.07) is 1.91. The lowest BCUT2D eigenvalue weighted by molar-refractivity contribution is 0.0971. The average Bonchev–Trinajstić information content (AvgIpc) is 2.33. The van der Waals surface area contributed by atoms with Crippen molar-refractivity contribution in [3.05, 3.63) is 20.8 Å². The van der Waals surface area contributed by atoms with Crippen molar-refractivity contribution >= 4 is 33.0 Å². The van der Waals surface area contributed by atoms with Crippen LogP contribution < -0.4 is 0 Å². The standard InChI is InChI=1S/C9H11BrOS/c1-6(2)5-8(11)9-7(10)3-4-12-9/h3-4,6H,5H2,1-2H3. The molecule has 0 spiro atoms. The SMILES string of the molecule is CC(C)CC(=O)c1sccc1Br. The van der Waals surface area contributed by atoms with Gasteiger partial charge >= 0.3 is 0 Å². The fourth-order valence-electron chi connectivity index (χ4n) is 0.956. The molecule has 12 heavy (non-hydrogen) atoms. The molecule has 0 bridgehead atoms. The van der Waals surface area contributed by atoms with E-state index in [4.69, 9.17) is 0 Å². The molecule has 1 aromatic rings. The van der Waals surface area contributed by atoms with Crippen molar-refractivity contribution in [1.82, 2.24) is 0 Å². The zero-order valence-electron chi connectivity index (χ0n) is 7.13. The molecular formula is C9H11BrOS. The number of ketones is 1. The molecule has 0 aliphatic heterocycles. The van der Waals surface area contributed by atoms with Crippen LogP contribution in [0.2, 0.25) is 0 Å². The number of hydrogen-bond donors (Lipinski definition) is 0. The Balaban J connectivity index is 2.72. The number of hydrogen-bond acceptors (Lipinski definition) is 2. The van der Waals surface area contributed by atoms with E-state index in [0.717, 1.165) is 9.35 Å². The molecule has 0 radical (unpaired) electrons. The predicted octanol–water partition coefficient (Wildman–Crippen LogP) is 3.74. The number of carbonyl (C=O) groups excluding carboxylic acids is 1. The van der Waals surface area contributed by atoms with Crippen LogP contribution in [0.4, 0.5) is 0 Å². The molecule has 1 aromatic heterocycles. The first-order valence-electron chi connectivity index (χ1n) is 3.87. The van der Waals surface area contributed by atoms with Gasteiger partial charge in [0.2, 0.25) is 0 Å². The van der Waals surface area contributed by atoms with Gasteiger partial charge in [0, 0.05) is 10.9 Å². The minimum Gasteiger partial charge on any atom is -0.293 e. The number of carbonyl (C=O) groups is 1. The van der Waals surface area contributed by atoms with Crippen LogP contribution >= 0.6 is 27.3 Å². The first-order valence-corrected chi connectivity index (χ1v) is 5.54. The third kappa shape index (κ3) is 2.42. The predicted molar refractivity (Wildman–Crippen MR) is 55.8 cm³/mol. The summed E-state index contributed by atoms with van der Waals surface area (Å²) in [5.74, 6) is 0.679. The second-order valence-corrected chi connectivity index (χ2v) is 4.89. The van der Waals surface area contributed by atoms with Gasteiger partial charge in [-0.1, -0.05) is 13.8 Å². The van der Waals surface area contributed by atoms with Crippen LogP contribution in [0.15, 0.2) is 15.9 Å². The van der Waals surface area contributed by atoms with Crippen LogP contribution in [0.25, 0.3) is 0 Å². The average molecular weight is 247 g/mol. The van der Waals surface area contributed by atoms with Crippen LogP contribution in [0.5, 0.6) is 0 Å². The van der Waals surface area contributed by atoms with Crippen LogP contribution in [-0.4, -0.2) is 5.78 Å². The Morgan fingerprint density at radius 2 is 2.33 bits per heavy atom. The Bertz CT molecular complexity index is 278. The van der Waals surface area contributed by atoms with E-state index in [0.29, 0.717) is 12.3 Å². The van der Waals surface area contributed by atoms with E-state index in [1.165, 1.54) is 11.3 Å². The van der Waals surface area contributed by atoms with Gasteiger partial charge < -0.3 is 0 Å². The van der Waals surface area contributed by atoms with Crippen LogP contribution in [-0.2, 0) is 0 Å². The van der Waals surface area contributed by atoms with Crippen molar-refractivity contribution in [1.29, 1.82) is 0 Å². The molecule has 66 valence electrons. The molecule has 0 aliphatic carbocycles. The minimum atomic E-state index is 0.242. The van der Waals surface area contributed by atoms with E-state index in [1.54, 1.807) is 0 Å². The summed E-state index contributed by atoms with van der Waals surface area (Å²) >= 11 is 4.85. The molecule has 0 amide bonds. The van der Waals surface area contributed by atoms with Crippen molar-refractivity contribution in [3.8, 4) is 0 Å². The molecule has 0 saturated carbocycles. The molecule has 1 heterocycles. The van der Waals surface area contributed by atoms with Gasteiger partial charge in [-0.25, -0.2) is 0 Å². The van der Waals surface area contributed by atoms with Gasteiger partial charge in [-0.05, 0) is 33.3 Å². The van der Waals surface area contributed by atoms with E-state index < -0.39 is 0 Å². The second-order valence-electron chi connectivity index (χ2n) is 3.12. The van der Waals surface area contributed by atoms with Gasteiger partial charge in [0.05, 0.1) is 4.88 Å². The Morgan fingerprint density at radius 3 is 2.75 bits per heavy atom. The zero-order valence-corrected chi connectivity index (χ0v) is 9.54. The van der Waals surface area contributed by atoms with E-state index in [1.807, 2.05) is 11.4 Å². The van der Waals surface area contributed by atoms with Crippen molar-refractivity contribution < 1.29 is 4.79 Å². The maximum Gasteiger partial charge on any atom is 0.174 e. The maximum absolute atomic E-state index is 11.5. The Labute approximate surface area is 84.9 Å². The van der Waals surface area contributed by atoms with Gasteiger partial charge in [0.25, 0.3) is 0 Å². The fourth-order valence-corrected chi connectivity index (χ4v) is 2.50. The van der Waals surface area contributed by atoms with Gasteiger partial charge in [-0.15, -0.1) is 11.3 Å². The topological polar surface area (TPSA) is 17.1 Å². The van der Waals surface area contributed by atoms with Crippen molar-refractivity contribution in [2.24, 2.45) is 5.92 Å². The summed E-state index contributed by atoms with van der Waals surface area (Å²) in [5.41, 5.74) is 0. The molecule has 0 aliphatic rings. The highest BCUT2D eigenvalue weighted by molar-refractivity contribution is 9.10. The minimum absolute atomic E-state index is 0.242. The lowest BCUT2D eigenvalue weighted by Gasteiger charge is -2.01. The summed E-state index contributed by atoms with van der Waals surface area (Å²) in [6.07, 6.45) is 0.638. The summed E-state index contributed by atoms with van der Waals surface area (Å²) in [7, 11) is 0. The number of Topliss-reactive ketones (excluding diaryl/α,β-unsaturated/α-hetero) is 1. The van der Waals surface area contributed by atoms with Gasteiger partial charge in [-0.3, -0.25) is 4.79 Å². The van der Waals surface area contributed by atoms with E-state index in [-0.39, 0.29) is 5.78 Å². The first-order chi connectivity index (χ1) is 5.61. The maximum atomic E-state index is 11.5. The van der Waals surface area contributed by atoms with Gasteiger partial charge in [0.1, 0.15) is 0 Å². The molecule has 1 nitrogen and oxygen atoms in total. The molecule has 0 fully saturated rings. The smallest absolute Gasteiger partial charge is 0.174 e. The van der Waals surface area contributed by atoms with Crippen molar-refractivity contribution in [2.75, 3.05) is 0 Å². The van der Waals surface area contributed by atoms with E-state index >= 15 is 0 Å². The largest absolute Gasteiger partial charge is 0.293 e. The molecule has 0 unspecified atom stereocenters. The highest BCUT2D eigenvalue weighted by atomic mass is 79.9. The van der Waals surface area contributed by atoms with E-state index in [9.17, 15) is 4.79 Å². The van der Waals surface area contributed by atoms with Gasteiger partial charge in [-0.2, -0.15) is 0 Å².